The first kappa shape index (κ1) is 23.4. The van der Waals surface area contributed by atoms with Crippen LogP contribution in [-0.2, 0) is 14.2 Å². The second-order valence-electron chi connectivity index (χ2n) is 9.16. The van der Waals surface area contributed by atoms with E-state index in [-0.39, 0.29) is 6.61 Å². The van der Waals surface area contributed by atoms with E-state index in [1.54, 1.807) is 24.3 Å². The zero-order valence-electron chi connectivity index (χ0n) is 19.5. The summed E-state index contributed by atoms with van der Waals surface area (Å²) in [6, 6.07) is 23.1. The lowest BCUT2D eigenvalue weighted by Crippen LogP contribution is -2.66. The van der Waals surface area contributed by atoms with Crippen LogP contribution in [0.5, 0.6) is 0 Å². The maximum Gasteiger partial charge on any atom is 0.262 e. The van der Waals surface area contributed by atoms with Gasteiger partial charge in [-0.3, -0.25) is 14.5 Å². The number of carbonyl (C=O) groups is 2. The van der Waals surface area contributed by atoms with Crippen molar-refractivity contribution < 1.29 is 28.9 Å². The highest BCUT2D eigenvalue weighted by Crippen LogP contribution is 2.42. The Morgan fingerprint density at radius 1 is 0.861 bits per heavy atom. The van der Waals surface area contributed by atoms with Crippen LogP contribution in [0.2, 0.25) is 0 Å². The zero-order valence-corrected chi connectivity index (χ0v) is 20.3. The molecule has 0 unspecified atom stereocenters. The SMILES string of the molecule is Cc1ccc(S[C@@H]2O[C@@H]3CO[C@@H](c4ccccc4)O[C@H]3[C@H](O)[C@H]2N2C(=O)c3ccccc3C2=O)cc1. The Morgan fingerprint density at radius 2 is 1.50 bits per heavy atom. The summed E-state index contributed by atoms with van der Waals surface area (Å²) in [6.07, 6.45) is -3.21. The summed E-state index contributed by atoms with van der Waals surface area (Å²) in [7, 11) is 0. The van der Waals surface area contributed by atoms with E-state index in [9.17, 15) is 14.7 Å². The molecule has 2 amide bonds. The number of carbonyl (C=O) groups excluding carboxylic acids is 2. The van der Waals surface area contributed by atoms with E-state index in [2.05, 4.69) is 0 Å². The molecule has 0 aromatic heterocycles. The minimum Gasteiger partial charge on any atom is -0.388 e. The lowest BCUT2D eigenvalue weighted by molar-refractivity contribution is -0.310. The van der Waals surface area contributed by atoms with E-state index in [1.165, 1.54) is 11.8 Å². The number of nitrogens with zero attached hydrogens (tertiary/aromatic N) is 1. The van der Waals surface area contributed by atoms with Crippen LogP contribution in [0.15, 0.2) is 83.8 Å². The summed E-state index contributed by atoms with van der Waals surface area (Å²) < 4.78 is 18.5. The number of rotatable bonds is 4. The molecule has 6 rings (SSSR count). The molecular weight excluding hydrogens is 478 g/mol. The molecule has 2 saturated heterocycles. The van der Waals surface area contributed by atoms with Crippen molar-refractivity contribution in [1.82, 2.24) is 4.90 Å². The highest BCUT2D eigenvalue weighted by atomic mass is 32.2. The standard InChI is InChI=1S/C28H25NO6S/c1-16-11-13-18(14-12-16)36-28-22(29-25(31)19-9-5-6-10-20(19)26(29)32)23(30)24-21(34-28)15-33-27(35-24)17-7-3-2-4-8-17/h2-14,21-24,27-28,30H,15H2,1H3/t21-,22-,23-,24-,27-,28+/m1/s1. The van der Waals surface area contributed by atoms with Gasteiger partial charge in [-0.05, 0) is 31.2 Å². The van der Waals surface area contributed by atoms with Gasteiger partial charge in [0.05, 0.1) is 17.7 Å². The van der Waals surface area contributed by atoms with Gasteiger partial charge in [0.15, 0.2) is 6.29 Å². The number of aliphatic hydroxyl groups excluding tert-OH is 1. The molecule has 3 aliphatic rings. The fourth-order valence-electron chi connectivity index (χ4n) is 4.96. The van der Waals surface area contributed by atoms with Crippen molar-refractivity contribution in [3.05, 3.63) is 101 Å². The number of ether oxygens (including phenoxy) is 3. The molecule has 0 spiro atoms. The molecule has 1 N–H and O–H groups in total. The molecular formula is C28H25NO6S. The third-order valence-corrected chi connectivity index (χ3v) is 7.97. The van der Waals surface area contributed by atoms with Crippen LogP contribution in [0.3, 0.4) is 0 Å². The molecule has 3 aliphatic heterocycles. The van der Waals surface area contributed by atoms with Gasteiger partial charge in [0.1, 0.15) is 29.8 Å². The predicted molar refractivity (Wildman–Crippen MR) is 132 cm³/mol. The summed E-state index contributed by atoms with van der Waals surface area (Å²) in [5.41, 5.74) is 1.86. The topological polar surface area (TPSA) is 85.3 Å². The maximum atomic E-state index is 13.4. The van der Waals surface area contributed by atoms with Gasteiger partial charge in [0.25, 0.3) is 11.8 Å². The van der Waals surface area contributed by atoms with Crippen LogP contribution >= 0.6 is 11.8 Å². The van der Waals surface area contributed by atoms with E-state index in [0.717, 1.165) is 20.9 Å². The fourth-order valence-corrected chi connectivity index (χ4v) is 6.14. The Labute approximate surface area is 213 Å². The zero-order chi connectivity index (χ0) is 24.8. The Morgan fingerprint density at radius 3 is 2.17 bits per heavy atom. The summed E-state index contributed by atoms with van der Waals surface area (Å²) in [4.78, 5) is 28.9. The first-order chi connectivity index (χ1) is 17.5. The number of imide groups is 1. The number of aryl methyl sites for hydroxylation is 1. The van der Waals surface area contributed by atoms with Crippen molar-refractivity contribution in [2.24, 2.45) is 0 Å². The molecule has 0 saturated carbocycles. The second-order valence-corrected chi connectivity index (χ2v) is 10.3. The number of amides is 2. The Bertz CT molecular complexity index is 1250. The van der Waals surface area contributed by atoms with Gasteiger partial charge in [-0.25, -0.2) is 0 Å². The minimum absolute atomic E-state index is 0.209. The number of aliphatic hydroxyl groups is 1. The summed E-state index contributed by atoms with van der Waals surface area (Å²) >= 11 is 1.37. The summed E-state index contributed by atoms with van der Waals surface area (Å²) in [6.45, 7) is 2.21. The van der Waals surface area contributed by atoms with Crippen molar-refractivity contribution in [1.29, 1.82) is 0 Å². The van der Waals surface area contributed by atoms with Crippen LogP contribution in [0, 0.1) is 6.92 Å². The van der Waals surface area contributed by atoms with Gasteiger partial charge in [0.2, 0.25) is 0 Å². The summed E-state index contributed by atoms with van der Waals surface area (Å²) in [5, 5.41) is 11.7. The number of hydrogen-bond donors (Lipinski definition) is 1. The third kappa shape index (κ3) is 4.05. The maximum absolute atomic E-state index is 13.4. The number of fused-ring (bicyclic) bond motifs is 2. The van der Waals surface area contributed by atoms with Gasteiger partial charge < -0.3 is 19.3 Å². The van der Waals surface area contributed by atoms with Crippen LogP contribution < -0.4 is 0 Å². The molecule has 3 aromatic carbocycles. The Hall–Kier alpha value is -3.01. The van der Waals surface area contributed by atoms with Crippen molar-refractivity contribution in [3.8, 4) is 0 Å². The molecule has 8 heteroatoms. The normalized spacial score (nSPS) is 29.7. The van der Waals surface area contributed by atoms with Crippen molar-refractivity contribution in [2.45, 2.75) is 47.9 Å². The van der Waals surface area contributed by atoms with Gasteiger partial charge in [-0.2, -0.15) is 0 Å². The first-order valence-corrected chi connectivity index (χ1v) is 12.7. The Kier molecular flexibility index (Phi) is 6.15. The molecule has 3 aromatic rings. The Balaban J connectivity index is 1.34. The second kappa shape index (κ2) is 9.46. The first-order valence-electron chi connectivity index (χ1n) is 11.9. The molecule has 2 fully saturated rings. The molecule has 0 aliphatic carbocycles. The van der Waals surface area contributed by atoms with Gasteiger partial charge >= 0.3 is 0 Å². The van der Waals surface area contributed by atoms with Crippen LogP contribution in [0.1, 0.15) is 38.1 Å². The number of hydrogen-bond acceptors (Lipinski definition) is 7. The minimum atomic E-state index is -1.18. The smallest absolute Gasteiger partial charge is 0.262 e. The fraction of sp³-hybridized carbons (Fsp3) is 0.286. The molecule has 36 heavy (non-hydrogen) atoms. The van der Waals surface area contributed by atoms with Crippen molar-refractivity contribution in [3.63, 3.8) is 0 Å². The van der Waals surface area contributed by atoms with Crippen LogP contribution in [-0.4, -0.2) is 58.2 Å². The molecule has 3 heterocycles. The molecule has 0 bridgehead atoms. The van der Waals surface area contributed by atoms with E-state index >= 15 is 0 Å². The molecule has 6 atom stereocenters. The van der Waals surface area contributed by atoms with Crippen LogP contribution in [0.4, 0.5) is 0 Å². The number of thioether (sulfide) groups is 1. The lowest BCUT2D eigenvalue weighted by atomic mass is 9.95. The van der Waals surface area contributed by atoms with E-state index in [0.29, 0.717) is 11.1 Å². The molecule has 0 radical (unpaired) electrons. The molecule has 184 valence electrons. The number of benzene rings is 3. The van der Waals surface area contributed by atoms with E-state index in [4.69, 9.17) is 14.2 Å². The average Bonchev–Trinajstić information content (AvgIpc) is 3.16. The third-order valence-electron chi connectivity index (χ3n) is 6.80. The van der Waals surface area contributed by atoms with E-state index in [1.807, 2.05) is 61.5 Å². The largest absolute Gasteiger partial charge is 0.388 e. The average molecular weight is 504 g/mol. The van der Waals surface area contributed by atoms with E-state index < -0.39 is 47.9 Å². The van der Waals surface area contributed by atoms with Gasteiger partial charge in [-0.15, -0.1) is 0 Å². The molecule has 7 nitrogen and oxygen atoms in total. The predicted octanol–water partition coefficient (Wildman–Crippen LogP) is 3.95. The highest BCUT2D eigenvalue weighted by molar-refractivity contribution is 7.99. The van der Waals surface area contributed by atoms with Gasteiger partial charge in [0, 0.05) is 10.5 Å². The quantitative estimate of drug-likeness (QED) is 0.540. The highest BCUT2D eigenvalue weighted by Gasteiger charge is 2.55. The van der Waals surface area contributed by atoms with Crippen molar-refractivity contribution in [2.75, 3.05) is 6.61 Å². The van der Waals surface area contributed by atoms with Crippen molar-refractivity contribution >= 4 is 23.6 Å². The van der Waals surface area contributed by atoms with Gasteiger partial charge in [-0.1, -0.05) is 71.9 Å². The monoisotopic (exact) mass is 503 g/mol. The lowest BCUT2D eigenvalue weighted by Gasteiger charge is -2.49. The summed E-state index contributed by atoms with van der Waals surface area (Å²) in [5.74, 6) is -0.884. The van der Waals surface area contributed by atoms with Crippen LogP contribution in [0.25, 0.3) is 0 Å².